The van der Waals surface area contributed by atoms with Gasteiger partial charge in [0.25, 0.3) is 0 Å². The molecule has 0 radical (unpaired) electrons. The molecule has 2 rings (SSSR count). The Bertz CT molecular complexity index is 564. The molecule has 18 heavy (non-hydrogen) atoms. The Hall–Kier alpha value is -2.16. The van der Waals surface area contributed by atoms with Crippen LogP contribution in [0.1, 0.15) is 18.4 Å². The summed E-state index contributed by atoms with van der Waals surface area (Å²) in [6.45, 7) is 1.54. The van der Waals surface area contributed by atoms with Gasteiger partial charge in [-0.1, -0.05) is 42.5 Å². The molecule has 0 fully saturated rings. The molecular formula is C15H13FO2. The zero-order valence-electron chi connectivity index (χ0n) is 9.93. The zero-order chi connectivity index (χ0) is 13.1. The van der Waals surface area contributed by atoms with E-state index in [1.807, 2.05) is 30.3 Å². The van der Waals surface area contributed by atoms with Crippen LogP contribution in [0.3, 0.4) is 0 Å². The first-order chi connectivity index (χ1) is 8.59. The topological polar surface area (TPSA) is 37.3 Å². The molecule has 0 bridgehead atoms. The summed E-state index contributed by atoms with van der Waals surface area (Å²) in [5.41, 5.74) is 1.74. The van der Waals surface area contributed by atoms with Gasteiger partial charge in [-0.2, -0.15) is 0 Å². The minimum Gasteiger partial charge on any atom is -0.481 e. The fourth-order valence-electron chi connectivity index (χ4n) is 1.80. The monoisotopic (exact) mass is 243 g/mol. The quantitative estimate of drug-likeness (QED) is 0.892. The standard InChI is InChI=1S/C15H13FO2/c1-10(15(17)18)12-7-8-13(14(16)9-12)11-5-3-2-4-6-11/h2-10H,1H3,(H,17,18)/i1-1. The fourth-order valence-corrected chi connectivity index (χ4v) is 1.80. The van der Waals surface area contributed by atoms with Gasteiger partial charge in [0.2, 0.25) is 0 Å². The Balaban J connectivity index is 2.40. The Morgan fingerprint density at radius 2 is 1.83 bits per heavy atom. The molecule has 0 aromatic heterocycles. The average molecular weight is 243 g/mol. The van der Waals surface area contributed by atoms with E-state index in [1.54, 1.807) is 19.1 Å². The maximum atomic E-state index is 14.0. The number of benzene rings is 2. The van der Waals surface area contributed by atoms with Crippen molar-refractivity contribution >= 4 is 5.97 Å². The number of carboxylic acid groups (broad SMARTS) is 1. The maximum Gasteiger partial charge on any atom is 0.310 e. The summed E-state index contributed by atoms with van der Waals surface area (Å²) in [5.74, 6) is -2.06. The van der Waals surface area contributed by atoms with Gasteiger partial charge >= 0.3 is 5.97 Å². The van der Waals surface area contributed by atoms with Crippen LogP contribution < -0.4 is 0 Å². The second-order valence-electron chi connectivity index (χ2n) is 4.17. The Labute approximate surface area is 105 Å². The van der Waals surface area contributed by atoms with E-state index in [9.17, 15) is 9.18 Å². The summed E-state index contributed by atoms with van der Waals surface area (Å²) in [6, 6.07) is 13.7. The highest BCUT2D eigenvalue weighted by atomic mass is 19.1. The molecule has 1 N–H and O–H groups in total. The number of hydrogen-bond donors (Lipinski definition) is 1. The van der Waals surface area contributed by atoms with Crippen LogP contribution in [0.25, 0.3) is 11.1 Å². The molecule has 0 aliphatic rings. The van der Waals surface area contributed by atoms with Crippen LogP contribution in [0.5, 0.6) is 0 Å². The van der Waals surface area contributed by atoms with E-state index in [0.717, 1.165) is 5.56 Å². The molecule has 0 aliphatic carbocycles. The molecule has 1 atom stereocenters. The first kappa shape index (κ1) is 12.3. The molecule has 0 aliphatic heterocycles. The Kier molecular flexibility index (Phi) is 3.42. The van der Waals surface area contributed by atoms with Gasteiger partial charge in [-0.3, -0.25) is 4.79 Å². The second-order valence-corrected chi connectivity index (χ2v) is 4.17. The Morgan fingerprint density at radius 3 is 2.39 bits per heavy atom. The first-order valence-corrected chi connectivity index (χ1v) is 5.67. The molecule has 3 heteroatoms. The first-order valence-electron chi connectivity index (χ1n) is 5.67. The highest BCUT2D eigenvalue weighted by Crippen LogP contribution is 2.26. The van der Waals surface area contributed by atoms with Gasteiger partial charge in [0.1, 0.15) is 5.82 Å². The third-order valence-electron chi connectivity index (χ3n) is 2.95. The van der Waals surface area contributed by atoms with Gasteiger partial charge in [0.05, 0.1) is 5.92 Å². The van der Waals surface area contributed by atoms with E-state index in [4.69, 9.17) is 5.11 Å². The predicted octanol–water partition coefficient (Wildman–Crippen LogP) is 3.68. The summed E-state index contributed by atoms with van der Waals surface area (Å²) in [7, 11) is 0. The molecular weight excluding hydrogens is 230 g/mol. The minimum absolute atomic E-state index is 0.396. The van der Waals surface area contributed by atoms with E-state index >= 15 is 0 Å². The number of carbonyl (C=O) groups is 1. The molecule has 0 heterocycles. The Morgan fingerprint density at radius 1 is 1.17 bits per heavy atom. The summed E-state index contributed by atoms with van der Waals surface area (Å²) < 4.78 is 14.0. The van der Waals surface area contributed by atoms with Crippen molar-refractivity contribution in [2.24, 2.45) is 0 Å². The lowest BCUT2D eigenvalue weighted by Gasteiger charge is -2.09. The highest BCUT2D eigenvalue weighted by Gasteiger charge is 2.15. The number of carboxylic acids is 1. The van der Waals surface area contributed by atoms with Gasteiger partial charge in [-0.25, -0.2) is 4.39 Å². The number of rotatable bonds is 3. The van der Waals surface area contributed by atoms with Crippen molar-refractivity contribution < 1.29 is 14.3 Å². The predicted molar refractivity (Wildman–Crippen MR) is 67.9 cm³/mol. The zero-order valence-corrected chi connectivity index (χ0v) is 9.93. The molecule has 0 saturated carbocycles. The van der Waals surface area contributed by atoms with Crippen LogP contribution in [0.4, 0.5) is 4.39 Å². The molecule has 2 nitrogen and oxygen atoms in total. The summed E-state index contributed by atoms with van der Waals surface area (Å²) in [4.78, 5) is 10.8. The van der Waals surface area contributed by atoms with Gasteiger partial charge in [0, 0.05) is 5.56 Å². The lowest BCUT2D eigenvalue weighted by Crippen LogP contribution is -2.07. The van der Waals surface area contributed by atoms with Crippen molar-refractivity contribution in [3.8, 4) is 11.1 Å². The summed E-state index contributed by atoms with van der Waals surface area (Å²) >= 11 is 0. The third kappa shape index (κ3) is 2.40. The van der Waals surface area contributed by atoms with E-state index < -0.39 is 17.7 Å². The van der Waals surface area contributed by atoms with Crippen molar-refractivity contribution in [2.45, 2.75) is 12.8 Å². The van der Waals surface area contributed by atoms with Crippen LogP contribution >= 0.6 is 0 Å². The largest absolute Gasteiger partial charge is 0.481 e. The highest BCUT2D eigenvalue weighted by molar-refractivity contribution is 5.76. The normalized spacial score (nSPS) is 12.1. The maximum absolute atomic E-state index is 14.0. The number of hydrogen-bond acceptors (Lipinski definition) is 1. The van der Waals surface area contributed by atoms with E-state index in [1.165, 1.54) is 6.07 Å². The smallest absolute Gasteiger partial charge is 0.310 e. The molecule has 92 valence electrons. The van der Waals surface area contributed by atoms with E-state index in [0.29, 0.717) is 11.1 Å². The van der Waals surface area contributed by atoms with Crippen molar-refractivity contribution in [2.75, 3.05) is 0 Å². The van der Waals surface area contributed by atoms with Crippen LogP contribution in [-0.4, -0.2) is 11.1 Å². The molecule has 2 aromatic carbocycles. The average Bonchev–Trinajstić information content (AvgIpc) is 2.38. The lowest BCUT2D eigenvalue weighted by atomic mass is 9.86. The molecule has 1 unspecified atom stereocenters. The molecule has 0 amide bonds. The van der Waals surface area contributed by atoms with Crippen LogP contribution in [0.15, 0.2) is 48.5 Å². The van der Waals surface area contributed by atoms with Gasteiger partial charge < -0.3 is 5.11 Å². The van der Waals surface area contributed by atoms with Crippen LogP contribution in [0, 0.1) is 5.82 Å². The molecule has 0 saturated heterocycles. The van der Waals surface area contributed by atoms with Crippen molar-refractivity contribution in [3.05, 3.63) is 59.9 Å². The summed E-state index contributed by atoms with van der Waals surface area (Å²) in [6.07, 6.45) is 0. The lowest BCUT2D eigenvalue weighted by molar-refractivity contribution is -0.138. The van der Waals surface area contributed by atoms with Gasteiger partial charge in [-0.05, 0) is 24.1 Å². The van der Waals surface area contributed by atoms with Crippen LogP contribution in [-0.2, 0) is 4.79 Å². The van der Waals surface area contributed by atoms with Crippen molar-refractivity contribution in [1.29, 1.82) is 0 Å². The number of aliphatic carboxylic acids is 1. The van der Waals surface area contributed by atoms with Gasteiger partial charge in [0.15, 0.2) is 0 Å². The van der Waals surface area contributed by atoms with E-state index in [2.05, 4.69) is 0 Å². The third-order valence-corrected chi connectivity index (χ3v) is 2.95. The van der Waals surface area contributed by atoms with Gasteiger partial charge in [-0.15, -0.1) is 0 Å². The van der Waals surface area contributed by atoms with E-state index in [-0.39, 0.29) is 0 Å². The summed E-state index contributed by atoms with van der Waals surface area (Å²) in [5, 5.41) is 8.89. The van der Waals surface area contributed by atoms with Crippen molar-refractivity contribution in [1.82, 2.24) is 0 Å². The van der Waals surface area contributed by atoms with Crippen molar-refractivity contribution in [3.63, 3.8) is 0 Å². The number of halogens is 1. The minimum atomic E-state index is -0.957. The fraction of sp³-hybridized carbons (Fsp3) is 0.133. The SMILES string of the molecule is [11CH3]C(C(=O)O)c1ccc(-c2ccccc2)c(F)c1. The molecule has 0 spiro atoms. The van der Waals surface area contributed by atoms with Crippen LogP contribution in [0.2, 0.25) is 0 Å². The molecule has 2 aromatic rings. The second kappa shape index (κ2) is 5.00.